The maximum Gasteiger partial charge on any atom is 0.324 e. The minimum absolute atomic E-state index is 0.110. The highest BCUT2D eigenvalue weighted by Gasteiger charge is 2.39. The Balaban J connectivity index is 1.13. The van der Waals surface area contributed by atoms with Crippen molar-refractivity contribution in [3.8, 4) is 17.2 Å². The Morgan fingerprint density at radius 1 is 0.979 bits per heavy atom. The quantitative estimate of drug-likeness (QED) is 0.148. The number of aromatic nitrogens is 3. The molecule has 6 aromatic rings. The number of aliphatic hydroxyl groups is 1. The van der Waals surface area contributed by atoms with Gasteiger partial charge in [0.15, 0.2) is 17.8 Å². The van der Waals surface area contributed by atoms with Crippen LogP contribution in [0.5, 0.6) is 11.5 Å². The van der Waals surface area contributed by atoms with Crippen LogP contribution in [-0.4, -0.2) is 44.0 Å². The Labute approximate surface area is 269 Å². The number of hydrogen-bond donors (Lipinski definition) is 4. The summed E-state index contributed by atoms with van der Waals surface area (Å²) in [5.74, 6) is -0.125. The smallest absolute Gasteiger partial charge is 0.324 e. The van der Waals surface area contributed by atoms with Gasteiger partial charge in [-0.25, -0.2) is 13.9 Å². The van der Waals surface area contributed by atoms with E-state index >= 15 is 0 Å². The lowest BCUT2D eigenvalue weighted by molar-refractivity contribution is 0.103. The maximum atomic E-state index is 14.1. The lowest BCUT2D eigenvalue weighted by Crippen LogP contribution is -2.38. The van der Waals surface area contributed by atoms with E-state index in [1.54, 1.807) is 48.5 Å². The van der Waals surface area contributed by atoms with Gasteiger partial charge in [0, 0.05) is 10.9 Å². The normalized spacial score (nSPS) is 16.1. The number of amides is 2. The Hall–Kier alpha value is -5.94. The first kappa shape index (κ1) is 29.8. The molecule has 4 aromatic carbocycles. The Bertz CT molecular complexity index is 2160. The number of fused-ring (bicyclic) bond motifs is 1. The number of anilines is 2. The van der Waals surface area contributed by atoms with Crippen molar-refractivity contribution in [3.05, 3.63) is 131 Å². The molecular formula is C36H31FN6O4. The number of rotatable bonds is 8. The molecule has 5 N–H and O–H groups in total. The molecule has 1 saturated heterocycles. The van der Waals surface area contributed by atoms with E-state index in [4.69, 9.17) is 10.5 Å². The molecule has 0 radical (unpaired) electrons. The highest BCUT2D eigenvalue weighted by molar-refractivity contribution is 6.13. The minimum atomic E-state index is -1.08. The molecule has 0 spiro atoms. The summed E-state index contributed by atoms with van der Waals surface area (Å²) in [7, 11) is 0. The van der Waals surface area contributed by atoms with E-state index in [-0.39, 0.29) is 22.9 Å². The number of aromatic amines is 1. The van der Waals surface area contributed by atoms with Crippen LogP contribution < -0.4 is 20.7 Å². The van der Waals surface area contributed by atoms with E-state index in [2.05, 4.69) is 15.4 Å². The molecule has 3 heterocycles. The summed E-state index contributed by atoms with van der Waals surface area (Å²) in [5.41, 5.74) is 11.2. The van der Waals surface area contributed by atoms with Gasteiger partial charge in [-0.1, -0.05) is 42.5 Å². The van der Waals surface area contributed by atoms with Crippen LogP contribution >= 0.6 is 0 Å². The van der Waals surface area contributed by atoms with E-state index < -0.39 is 24.1 Å². The second-order valence-electron chi connectivity index (χ2n) is 11.6. The summed E-state index contributed by atoms with van der Waals surface area (Å²) in [6, 6.07) is 25.4. The van der Waals surface area contributed by atoms with Gasteiger partial charge in [0.1, 0.15) is 11.6 Å². The van der Waals surface area contributed by atoms with Crippen LogP contribution in [-0.2, 0) is 6.42 Å². The molecule has 0 bridgehead atoms. The number of benzene rings is 4. The number of aliphatic hydroxyl groups excluding tert-OH is 1. The number of halogens is 1. The topological polar surface area (TPSA) is 138 Å². The molecule has 47 heavy (non-hydrogen) atoms. The number of nitrogens with one attached hydrogen (secondary N) is 2. The van der Waals surface area contributed by atoms with E-state index in [0.717, 1.165) is 22.1 Å². The number of carbonyl (C=O) groups is 2. The maximum absolute atomic E-state index is 14.1. The summed E-state index contributed by atoms with van der Waals surface area (Å²) in [6.45, 7) is 3.69. The molecule has 10 nitrogen and oxygen atoms in total. The number of hydrogen-bond acceptors (Lipinski definition) is 6. The highest BCUT2D eigenvalue weighted by atomic mass is 19.1. The van der Waals surface area contributed by atoms with Gasteiger partial charge in [0.2, 0.25) is 5.78 Å². The fourth-order valence-corrected chi connectivity index (χ4v) is 6.00. The van der Waals surface area contributed by atoms with Crippen LogP contribution in [0.15, 0.2) is 97.2 Å². The number of H-pyrrole nitrogens is 1. The van der Waals surface area contributed by atoms with Crippen molar-refractivity contribution >= 4 is 34.2 Å². The van der Waals surface area contributed by atoms with Crippen molar-refractivity contribution in [1.82, 2.24) is 20.1 Å². The fraction of sp³-hybridized carbons (Fsp3) is 0.139. The third kappa shape index (κ3) is 5.46. The average Bonchev–Trinajstić information content (AvgIpc) is 3.72. The van der Waals surface area contributed by atoms with Crippen molar-refractivity contribution in [2.24, 2.45) is 0 Å². The lowest BCUT2D eigenvalue weighted by Gasteiger charge is -2.23. The van der Waals surface area contributed by atoms with Gasteiger partial charge in [-0.3, -0.25) is 9.69 Å². The van der Waals surface area contributed by atoms with Gasteiger partial charge in [0.25, 0.3) is 0 Å². The largest absolute Gasteiger partial charge is 0.454 e. The summed E-state index contributed by atoms with van der Waals surface area (Å²) in [4.78, 5) is 31.2. The molecule has 7 rings (SSSR count). The van der Waals surface area contributed by atoms with Crippen molar-refractivity contribution in [1.29, 1.82) is 0 Å². The first-order valence-corrected chi connectivity index (χ1v) is 15.0. The van der Waals surface area contributed by atoms with Crippen LogP contribution in [0.3, 0.4) is 0 Å². The lowest BCUT2D eigenvalue weighted by atomic mass is 10.0. The van der Waals surface area contributed by atoms with Gasteiger partial charge in [-0.2, -0.15) is 5.10 Å². The first-order chi connectivity index (χ1) is 22.7. The molecule has 1 aliphatic rings. The number of nitrogens with two attached hydrogens (primary N) is 1. The number of nitrogens with zero attached hydrogens (tertiary/aromatic N) is 3. The zero-order valence-electron chi connectivity index (χ0n) is 25.6. The highest BCUT2D eigenvalue weighted by Crippen LogP contribution is 2.33. The van der Waals surface area contributed by atoms with Gasteiger partial charge < -0.3 is 25.9 Å². The molecule has 236 valence electrons. The Morgan fingerprint density at radius 2 is 1.72 bits per heavy atom. The van der Waals surface area contributed by atoms with Crippen molar-refractivity contribution in [2.75, 3.05) is 10.6 Å². The standard InChI is InChI=1S/C36H31FN6O4/c1-20-14-23-17-28(40-27(23)18-31(20)42-35(45)29(41-36(42)46)16-22-8-4-3-5-9-22)33(44)25-19-39-43(34(25)38)30-13-12-24(15-21(30)2)47-32-11-7-6-10-26(32)37/h3-15,17-19,29,35,40,45H,16,38H2,1-2H3,(H,41,46)/t29-,35?/m0/s1. The SMILES string of the molecule is Cc1cc2cc(C(=O)c3cnn(-c4ccc(Oc5ccccc5F)cc4C)c3N)[nH]c2cc1N1C(=O)N[C@@H](Cc2ccccc2)C1O. The molecule has 1 aliphatic heterocycles. The molecule has 2 atom stereocenters. The number of ketones is 1. The van der Waals surface area contributed by atoms with Crippen LogP contribution in [0.4, 0.5) is 20.7 Å². The van der Waals surface area contributed by atoms with E-state index in [0.29, 0.717) is 34.8 Å². The first-order valence-electron chi connectivity index (χ1n) is 15.0. The molecule has 2 aromatic heterocycles. The zero-order valence-corrected chi connectivity index (χ0v) is 25.6. The zero-order chi connectivity index (χ0) is 32.8. The molecular weight excluding hydrogens is 599 g/mol. The van der Waals surface area contributed by atoms with Crippen LogP contribution in [0.25, 0.3) is 16.6 Å². The molecule has 0 aliphatic carbocycles. The molecule has 11 heteroatoms. The van der Waals surface area contributed by atoms with Gasteiger partial charge in [0.05, 0.1) is 34.9 Å². The Kier molecular flexibility index (Phi) is 7.45. The predicted octanol–water partition coefficient (Wildman–Crippen LogP) is 6.17. The summed E-state index contributed by atoms with van der Waals surface area (Å²) in [5, 5.41) is 19.2. The van der Waals surface area contributed by atoms with E-state index in [1.165, 1.54) is 21.8 Å². The summed E-state index contributed by atoms with van der Waals surface area (Å²) in [6.07, 6.45) is 0.817. The third-order valence-corrected chi connectivity index (χ3v) is 8.40. The third-order valence-electron chi connectivity index (χ3n) is 8.40. The Morgan fingerprint density at radius 3 is 2.49 bits per heavy atom. The van der Waals surface area contributed by atoms with Crippen molar-refractivity contribution < 1.29 is 23.8 Å². The average molecular weight is 631 g/mol. The molecule has 2 amide bonds. The number of nitrogen functional groups attached to an aromatic ring is 1. The van der Waals surface area contributed by atoms with E-state index in [1.807, 2.05) is 50.2 Å². The predicted molar refractivity (Wildman–Crippen MR) is 177 cm³/mol. The number of urea groups is 1. The number of ether oxygens (including phenoxy) is 1. The van der Waals surface area contributed by atoms with Crippen LogP contribution in [0, 0.1) is 19.7 Å². The summed E-state index contributed by atoms with van der Waals surface area (Å²) < 4.78 is 21.2. The second kappa shape index (κ2) is 11.8. The monoisotopic (exact) mass is 630 g/mol. The van der Waals surface area contributed by atoms with E-state index in [9.17, 15) is 19.1 Å². The molecule has 1 fully saturated rings. The number of aryl methyl sites for hydroxylation is 2. The molecule has 1 unspecified atom stereocenters. The number of carbonyl (C=O) groups excluding carboxylic acids is 2. The minimum Gasteiger partial charge on any atom is -0.454 e. The van der Waals surface area contributed by atoms with Crippen LogP contribution in [0.2, 0.25) is 0 Å². The summed E-state index contributed by atoms with van der Waals surface area (Å²) >= 11 is 0. The van der Waals surface area contributed by atoms with Crippen molar-refractivity contribution in [2.45, 2.75) is 32.5 Å². The van der Waals surface area contributed by atoms with Gasteiger partial charge in [-0.15, -0.1) is 0 Å². The van der Waals surface area contributed by atoms with Gasteiger partial charge >= 0.3 is 6.03 Å². The van der Waals surface area contributed by atoms with Crippen LogP contribution in [0.1, 0.15) is 32.7 Å². The number of para-hydroxylation sites is 1. The molecule has 0 saturated carbocycles. The van der Waals surface area contributed by atoms with Crippen molar-refractivity contribution in [3.63, 3.8) is 0 Å². The van der Waals surface area contributed by atoms with Gasteiger partial charge in [-0.05, 0) is 85.5 Å². The fourth-order valence-electron chi connectivity index (χ4n) is 6.00. The second-order valence-corrected chi connectivity index (χ2v) is 11.6.